The van der Waals surface area contributed by atoms with E-state index in [4.69, 9.17) is 0 Å². The van der Waals surface area contributed by atoms with E-state index < -0.39 is 0 Å². The topological polar surface area (TPSA) is 48.5 Å². The van der Waals surface area contributed by atoms with Crippen molar-refractivity contribution in [1.29, 1.82) is 0 Å². The molecule has 0 radical (unpaired) electrons. The lowest BCUT2D eigenvalue weighted by Gasteiger charge is -2.28. The Balaban J connectivity index is 1.54. The average molecular weight is 316 g/mol. The van der Waals surface area contributed by atoms with Crippen molar-refractivity contribution in [1.82, 2.24) is 15.2 Å². The van der Waals surface area contributed by atoms with E-state index in [2.05, 4.69) is 21.3 Å². The Bertz CT molecular complexity index is 505. The number of nitrogens with one attached hydrogen (secondary N) is 1. The number of rotatable bonds is 3. The standard InChI is InChI=1S/C18H28N4O/c23-18(22-12-4-1-2-5-13-22)20-15-16-8-9-19-17(14-16)21-10-6-3-7-11-21/h8-9,14H,1-7,10-13,15H2,(H,20,23). The molecule has 0 aromatic carbocycles. The fourth-order valence-electron chi connectivity index (χ4n) is 3.43. The summed E-state index contributed by atoms with van der Waals surface area (Å²) >= 11 is 0. The normalized spacial score (nSPS) is 19.3. The van der Waals surface area contributed by atoms with Gasteiger partial charge in [-0.2, -0.15) is 0 Å². The van der Waals surface area contributed by atoms with Gasteiger partial charge < -0.3 is 15.1 Å². The Morgan fingerprint density at radius 3 is 2.39 bits per heavy atom. The van der Waals surface area contributed by atoms with Crippen molar-refractivity contribution in [3.8, 4) is 0 Å². The molecule has 23 heavy (non-hydrogen) atoms. The van der Waals surface area contributed by atoms with Gasteiger partial charge in [0.25, 0.3) is 0 Å². The van der Waals surface area contributed by atoms with Crippen molar-refractivity contribution in [2.24, 2.45) is 0 Å². The van der Waals surface area contributed by atoms with Crippen molar-refractivity contribution in [3.63, 3.8) is 0 Å². The van der Waals surface area contributed by atoms with E-state index in [1.54, 1.807) is 0 Å². The maximum absolute atomic E-state index is 12.3. The van der Waals surface area contributed by atoms with E-state index in [-0.39, 0.29) is 6.03 Å². The number of carbonyl (C=O) groups excluding carboxylic acids is 1. The Hall–Kier alpha value is -1.78. The SMILES string of the molecule is O=C(NCc1ccnc(N2CCCCC2)c1)N1CCCCCC1. The van der Waals surface area contributed by atoms with Gasteiger partial charge in [0, 0.05) is 38.9 Å². The molecule has 5 nitrogen and oxygen atoms in total. The Labute approximate surface area is 139 Å². The van der Waals surface area contributed by atoms with E-state index in [1.165, 1.54) is 32.1 Å². The molecule has 1 aromatic rings. The molecule has 1 N–H and O–H groups in total. The molecule has 2 amide bonds. The molecule has 2 aliphatic rings. The zero-order valence-electron chi connectivity index (χ0n) is 14.0. The van der Waals surface area contributed by atoms with Gasteiger partial charge in [-0.15, -0.1) is 0 Å². The highest BCUT2D eigenvalue weighted by atomic mass is 16.2. The molecule has 126 valence electrons. The number of hydrogen-bond donors (Lipinski definition) is 1. The quantitative estimate of drug-likeness (QED) is 0.932. The second-order valence-corrected chi connectivity index (χ2v) is 6.63. The lowest BCUT2D eigenvalue weighted by atomic mass is 10.1. The third-order valence-corrected chi connectivity index (χ3v) is 4.83. The number of urea groups is 1. The van der Waals surface area contributed by atoms with E-state index in [0.29, 0.717) is 6.54 Å². The van der Waals surface area contributed by atoms with Gasteiger partial charge in [0.05, 0.1) is 0 Å². The van der Waals surface area contributed by atoms with Crippen LogP contribution in [0.4, 0.5) is 10.6 Å². The summed E-state index contributed by atoms with van der Waals surface area (Å²) in [5, 5.41) is 3.07. The summed E-state index contributed by atoms with van der Waals surface area (Å²) in [5.74, 6) is 1.05. The predicted molar refractivity (Wildman–Crippen MR) is 92.6 cm³/mol. The number of aromatic nitrogens is 1. The monoisotopic (exact) mass is 316 g/mol. The van der Waals surface area contributed by atoms with E-state index in [9.17, 15) is 4.79 Å². The van der Waals surface area contributed by atoms with Crippen LogP contribution in [0.15, 0.2) is 18.3 Å². The number of amides is 2. The fraction of sp³-hybridized carbons (Fsp3) is 0.667. The molecular formula is C18H28N4O. The number of hydrogen-bond acceptors (Lipinski definition) is 3. The zero-order chi connectivity index (χ0) is 15.9. The largest absolute Gasteiger partial charge is 0.357 e. The molecule has 3 heterocycles. The average Bonchev–Trinajstić information content (AvgIpc) is 2.90. The van der Waals surface area contributed by atoms with Crippen molar-refractivity contribution in [3.05, 3.63) is 23.9 Å². The summed E-state index contributed by atoms with van der Waals surface area (Å²) in [6.45, 7) is 4.55. The Kier molecular flexibility index (Phi) is 5.72. The van der Waals surface area contributed by atoms with Gasteiger partial charge in [0.1, 0.15) is 5.82 Å². The summed E-state index contributed by atoms with van der Waals surface area (Å²) in [6, 6.07) is 4.19. The van der Waals surface area contributed by atoms with Gasteiger partial charge in [-0.3, -0.25) is 0 Å². The van der Waals surface area contributed by atoms with Gasteiger partial charge >= 0.3 is 6.03 Å². The van der Waals surface area contributed by atoms with Crippen molar-refractivity contribution in [2.75, 3.05) is 31.1 Å². The van der Waals surface area contributed by atoms with Crippen LogP contribution in [-0.2, 0) is 6.54 Å². The molecule has 5 heteroatoms. The first-order valence-electron chi connectivity index (χ1n) is 9.05. The van der Waals surface area contributed by atoms with Gasteiger partial charge in [-0.05, 0) is 49.8 Å². The van der Waals surface area contributed by atoms with Crippen LogP contribution >= 0.6 is 0 Å². The molecule has 0 unspecified atom stereocenters. The Morgan fingerprint density at radius 1 is 1.00 bits per heavy atom. The molecule has 3 rings (SSSR count). The second kappa shape index (κ2) is 8.18. The van der Waals surface area contributed by atoms with Crippen LogP contribution in [0, 0.1) is 0 Å². The van der Waals surface area contributed by atoms with Crippen molar-refractivity contribution < 1.29 is 4.79 Å². The molecule has 0 spiro atoms. The first kappa shape index (κ1) is 16.1. The van der Waals surface area contributed by atoms with E-state index in [0.717, 1.165) is 50.4 Å². The minimum absolute atomic E-state index is 0.0724. The second-order valence-electron chi connectivity index (χ2n) is 6.63. The number of piperidine rings is 1. The zero-order valence-corrected chi connectivity index (χ0v) is 14.0. The molecular weight excluding hydrogens is 288 g/mol. The van der Waals surface area contributed by atoms with Crippen LogP contribution in [-0.4, -0.2) is 42.1 Å². The highest BCUT2D eigenvalue weighted by Crippen LogP contribution is 2.18. The van der Waals surface area contributed by atoms with Crippen LogP contribution in [0.1, 0.15) is 50.5 Å². The summed E-state index contributed by atoms with van der Waals surface area (Å²) in [4.78, 5) is 21.1. The first-order valence-corrected chi connectivity index (χ1v) is 9.05. The molecule has 1 aromatic heterocycles. The molecule has 2 aliphatic heterocycles. The third-order valence-electron chi connectivity index (χ3n) is 4.83. The minimum Gasteiger partial charge on any atom is -0.357 e. The third kappa shape index (κ3) is 4.60. The minimum atomic E-state index is 0.0724. The summed E-state index contributed by atoms with van der Waals surface area (Å²) in [5.41, 5.74) is 1.13. The van der Waals surface area contributed by atoms with Crippen LogP contribution in [0.25, 0.3) is 0 Å². The van der Waals surface area contributed by atoms with E-state index in [1.807, 2.05) is 17.2 Å². The fourth-order valence-corrected chi connectivity index (χ4v) is 3.43. The summed E-state index contributed by atoms with van der Waals surface area (Å²) in [6.07, 6.45) is 10.4. The summed E-state index contributed by atoms with van der Waals surface area (Å²) in [7, 11) is 0. The number of likely N-dealkylation sites (tertiary alicyclic amines) is 1. The predicted octanol–water partition coefficient (Wildman–Crippen LogP) is 3.16. The molecule has 2 fully saturated rings. The number of nitrogens with zero attached hydrogens (tertiary/aromatic N) is 3. The highest BCUT2D eigenvalue weighted by molar-refractivity contribution is 5.74. The lowest BCUT2D eigenvalue weighted by Crippen LogP contribution is -2.40. The number of pyridine rings is 1. The van der Waals surface area contributed by atoms with Gasteiger partial charge in [0.2, 0.25) is 0 Å². The van der Waals surface area contributed by atoms with Crippen LogP contribution in [0.3, 0.4) is 0 Å². The number of carbonyl (C=O) groups is 1. The van der Waals surface area contributed by atoms with Crippen LogP contribution in [0.2, 0.25) is 0 Å². The van der Waals surface area contributed by atoms with Crippen LogP contribution < -0.4 is 10.2 Å². The smallest absolute Gasteiger partial charge is 0.317 e. The van der Waals surface area contributed by atoms with Crippen molar-refractivity contribution >= 4 is 11.8 Å². The highest BCUT2D eigenvalue weighted by Gasteiger charge is 2.15. The Morgan fingerprint density at radius 2 is 1.65 bits per heavy atom. The van der Waals surface area contributed by atoms with E-state index >= 15 is 0 Å². The lowest BCUT2D eigenvalue weighted by molar-refractivity contribution is 0.199. The summed E-state index contributed by atoms with van der Waals surface area (Å²) < 4.78 is 0. The molecule has 0 atom stereocenters. The number of anilines is 1. The van der Waals surface area contributed by atoms with Gasteiger partial charge in [-0.25, -0.2) is 9.78 Å². The molecule has 0 aliphatic carbocycles. The van der Waals surface area contributed by atoms with Crippen molar-refractivity contribution in [2.45, 2.75) is 51.5 Å². The first-order chi connectivity index (χ1) is 11.3. The molecule has 2 saturated heterocycles. The maximum atomic E-state index is 12.3. The molecule has 0 saturated carbocycles. The molecule has 0 bridgehead atoms. The maximum Gasteiger partial charge on any atom is 0.317 e. The van der Waals surface area contributed by atoms with Gasteiger partial charge in [0.15, 0.2) is 0 Å². The van der Waals surface area contributed by atoms with Gasteiger partial charge in [-0.1, -0.05) is 12.8 Å². The van der Waals surface area contributed by atoms with Crippen LogP contribution in [0.5, 0.6) is 0 Å².